The van der Waals surface area contributed by atoms with Gasteiger partial charge in [0.1, 0.15) is 5.75 Å². The molecule has 0 unspecified atom stereocenters. The van der Waals surface area contributed by atoms with E-state index in [9.17, 15) is 4.79 Å². The van der Waals surface area contributed by atoms with Crippen molar-refractivity contribution in [3.63, 3.8) is 0 Å². The predicted molar refractivity (Wildman–Crippen MR) is 112 cm³/mol. The Morgan fingerprint density at radius 2 is 1.82 bits per heavy atom. The Labute approximate surface area is 167 Å². The van der Waals surface area contributed by atoms with Gasteiger partial charge in [0.05, 0.1) is 20.8 Å². The second-order valence-corrected chi connectivity index (χ2v) is 6.30. The fraction of sp³-hybridized carbons (Fsp3) is 0.348. The van der Waals surface area contributed by atoms with Crippen LogP contribution in [0.15, 0.2) is 48.5 Å². The van der Waals surface area contributed by atoms with E-state index < -0.39 is 0 Å². The van der Waals surface area contributed by atoms with Crippen LogP contribution >= 0.6 is 0 Å². The maximum atomic E-state index is 12.1. The van der Waals surface area contributed by atoms with E-state index in [0.29, 0.717) is 31.1 Å². The van der Waals surface area contributed by atoms with Crippen molar-refractivity contribution in [1.29, 1.82) is 0 Å². The molecule has 0 atom stereocenters. The second-order valence-electron chi connectivity index (χ2n) is 6.30. The van der Waals surface area contributed by atoms with Crippen LogP contribution in [-0.4, -0.2) is 33.3 Å². The highest BCUT2D eigenvalue weighted by Crippen LogP contribution is 2.27. The number of ether oxygens (including phenoxy) is 3. The van der Waals surface area contributed by atoms with E-state index in [-0.39, 0.29) is 5.91 Å². The van der Waals surface area contributed by atoms with Crippen molar-refractivity contribution in [3.8, 4) is 17.2 Å². The third-order valence-corrected chi connectivity index (χ3v) is 4.25. The van der Waals surface area contributed by atoms with Gasteiger partial charge in [0.2, 0.25) is 5.91 Å². The summed E-state index contributed by atoms with van der Waals surface area (Å²) in [6.07, 6.45) is 6.12. The molecule has 0 radical (unpaired) electrons. The number of hydrogen-bond donors (Lipinski definition) is 1. The minimum atomic E-state index is -0.135. The van der Waals surface area contributed by atoms with Crippen molar-refractivity contribution in [2.24, 2.45) is 0 Å². The molecule has 2 aromatic carbocycles. The Kier molecular flexibility index (Phi) is 8.92. The van der Waals surface area contributed by atoms with Gasteiger partial charge in [0, 0.05) is 18.2 Å². The Hall–Kier alpha value is -2.95. The summed E-state index contributed by atoms with van der Waals surface area (Å²) in [5.74, 6) is 2.04. The molecule has 0 aliphatic heterocycles. The van der Waals surface area contributed by atoms with E-state index in [2.05, 4.69) is 12.2 Å². The maximum Gasteiger partial charge on any atom is 0.244 e. The number of amides is 1. The van der Waals surface area contributed by atoms with Crippen molar-refractivity contribution in [2.75, 3.05) is 27.4 Å². The van der Waals surface area contributed by atoms with Crippen LogP contribution in [0.1, 0.15) is 30.9 Å². The number of carbonyl (C=O) groups is 1. The lowest BCUT2D eigenvalue weighted by atomic mass is 10.1. The molecule has 0 saturated carbocycles. The number of rotatable bonds is 11. The third-order valence-electron chi connectivity index (χ3n) is 4.25. The summed E-state index contributed by atoms with van der Waals surface area (Å²) in [5.41, 5.74) is 1.96. The van der Waals surface area contributed by atoms with Gasteiger partial charge in [0.15, 0.2) is 11.5 Å². The van der Waals surface area contributed by atoms with Crippen molar-refractivity contribution in [2.45, 2.75) is 26.2 Å². The molecule has 2 rings (SSSR count). The van der Waals surface area contributed by atoms with Crippen LogP contribution in [0.5, 0.6) is 17.2 Å². The van der Waals surface area contributed by atoms with Crippen molar-refractivity contribution >= 4 is 12.0 Å². The number of hydrogen-bond acceptors (Lipinski definition) is 4. The molecule has 1 N–H and O–H groups in total. The molecule has 0 fully saturated rings. The zero-order valence-electron chi connectivity index (χ0n) is 16.9. The standard InChI is InChI=1S/C23H29NO4/c1-4-5-16-28-20-9-7-6-8-19(20)11-13-23(25)24-15-14-18-10-12-21(26-2)22(17-18)27-3/h6-13,17H,4-5,14-16H2,1-3H3,(H,24,25)/b13-11+. The lowest BCUT2D eigenvalue weighted by molar-refractivity contribution is -0.116. The first kappa shape index (κ1) is 21.4. The fourth-order valence-corrected chi connectivity index (χ4v) is 2.67. The average molecular weight is 383 g/mol. The van der Waals surface area contributed by atoms with Gasteiger partial charge < -0.3 is 19.5 Å². The topological polar surface area (TPSA) is 56.8 Å². The highest BCUT2D eigenvalue weighted by Gasteiger charge is 2.05. The summed E-state index contributed by atoms with van der Waals surface area (Å²) in [4.78, 5) is 12.1. The molecule has 5 nitrogen and oxygen atoms in total. The highest BCUT2D eigenvalue weighted by molar-refractivity contribution is 5.92. The molecule has 150 valence electrons. The summed E-state index contributed by atoms with van der Waals surface area (Å²) < 4.78 is 16.3. The zero-order valence-corrected chi connectivity index (χ0v) is 16.9. The molecule has 0 saturated heterocycles. The van der Waals surface area contributed by atoms with Gasteiger partial charge in [-0.25, -0.2) is 0 Å². The summed E-state index contributed by atoms with van der Waals surface area (Å²) in [5, 5.41) is 2.90. The van der Waals surface area contributed by atoms with E-state index in [1.54, 1.807) is 20.3 Å². The number of methoxy groups -OCH3 is 2. The van der Waals surface area contributed by atoms with Gasteiger partial charge in [-0.05, 0) is 42.7 Å². The monoisotopic (exact) mass is 383 g/mol. The van der Waals surface area contributed by atoms with Crippen molar-refractivity contribution in [3.05, 3.63) is 59.7 Å². The number of carbonyl (C=O) groups excluding carboxylic acids is 1. The van der Waals surface area contributed by atoms with E-state index in [1.807, 2.05) is 42.5 Å². The molecule has 0 bridgehead atoms. The Balaban J connectivity index is 1.86. The van der Waals surface area contributed by atoms with Crippen LogP contribution in [0, 0.1) is 0 Å². The summed E-state index contributed by atoms with van der Waals surface area (Å²) in [6.45, 7) is 3.34. The molecule has 0 heterocycles. The highest BCUT2D eigenvalue weighted by atomic mass is 16.5. The molecule has 0 aliphatic carbocycles. The van der Waals surface area contributed by atoms with E-state index >= 15 is 0 Å². The normalized spacial score (nSPS) is 10.7. The van der Waals surface area contributed by atoms with Crippen LogP contribution in [0.2, 0.25) is 0 Å². The minimum absolute atomic E-state index is 0.135. The summed E-state index contributed by atoms with van der Waals surface area (Å²) in [7, 11) is 3.22. The quantitative estimate of drug-likeness (QED) is 0.465. The van der Waals surface area contributed by atoms with Gasteiger partial charge in [0.25, 0.3) is 0 Å². The fourth-order valence-electron chi connectivity index (χ4n) is 2.67. The minimum Gasteiger partial charge on any atom is -0.493 e. The van der Waals surface area contributed by atoms with E-state index in [1.165, 1.54) is 6.08 Å². The Bertz CT molecular complexity index is 786. The zero-order chi connectivity index (χ0) is 20.2. The molecule has 1 amide bonds. The lowest BCUT2D eigenvalue weighted by Gasteiger charge is -2.10. The first-order chi connectivity index (χ1) is 13.7. The predicted octanol–water partition coefficient (Wildman–Crippen LogP) is 4.25. The molecular weight excluding hydrogens is 354 g/mol. The van der Waals surface area contributed by atoms with Crippen LogP contribution in [0.4, 0.5) is 0 Å². The molecule has 28 heavy (non-hydrogen) atoms. The molecule has 2 aromatic rings. The smallest absolute Gasteiger partial charge is 0.244 e. The van der Waals surface area contributed by atoms with Crippen molar-refractivity contribution < 1.29 is 19.0 Å². The Morgan fingerprint density at radius 1 is 1.04 bits per heavy atom. The number of benzene rings is 2. The number of unbranched alkanes of at least 4 members (excludes halogenated alkanes) is 1. The van der Waals surface area contributed by atoms with Crippen LogP contribution in [0.25, 0.3) is 6.08 Å². The summed E-state index contributed by atoms with van der Waals surface area (Å²) >= 11 is 0. The molecule has 5 heteroatoms. The first-order valence-corrected chi connectivity index (χ1v) is 9.56. The van der Waals surface area contributed by atoms with Gasteiger partial charge in [-0.2, -0.15) is 0 Å². The van der Waals surface area contributed by atoms with Gasteiger partial charge in [-0.15, -0.1) is 0 Å². The molecule has 0 aliphatic rings. The molecular formula is C23H29NO4. The maximum absolute atomic E-state index is 12.1. The van der Waals surface area contributed by atoms with Crippen LogP contribution in [-0.2, 0) is 11.2 Å². The molecule has 0 aromatic heterocycles. The number of nitrogens with one attached hydrogen (secondary N) is 1. The lowest BCUT2D eigenvalue weighted by Crippen LogP contribution is -2.23. The van der Waals surface area contributed by atoms with E-state index in [0.717, 1.165) is 29.7 Å². The van der Waals surface area contributed by atoms with Gasteiger partial charge in [-0.3, -0.25) is 4.79 Å². The SMILES string of the molecule is CCCCOc1ccccc1/C=C/C(=O)NCCc1ccc(OC)c(OC)c1. The van der Waals surface area contributed by atoms with Crippen LogP contribution in [0.3, 0.4) is 0 Å². The average Bonchev–Trinajstić information content (AvgIpc) is 2.73. The van der Waals surface area contributed by atoms with Gasteiger partial charge in [-0.1, -0.05) is 37.6 Å². The Morgan fingerprint density at radius 3 is 2.57 bits per heavy atom. The number of para-hydroxylation sites is 1. The van der Waals surface area contributed by atoms with Crippen LogP contribution < -0.4 is 19.5 Å². The van der Waals surface area contributed by atoms with Gasteiger partial charge >= 0.3 is 0 Å². The largest absolute Gasteiger partial charge is 0.493 e. The van der Waals surface area contributed by atoms with E-state index in [4.69, 9.17) is 14.2 Å². The molecule has 0 spiro atoms. The first-order valence-electron chi connectivity index (χ1n) is 9.56. The summed E-state index contributed by atoms with van der Waals surface area (Å²) in [6, 6.07) is 13.5. The van der Waals surface area contributed by atoms with Crippen molar-refractivity contribution in [1.82, 2.24) is 5.32 Å². The second kappa shape index (κ2) is 11.7. The third kappa shape index (κ3) is 6.65.